The van der Waals surface area contributed by atoms with Gasteiger partial charge in [0.25, 0.3) is 0 Å². The minimum Gasteiger partial charge on any atom is -0.462 e. The van der Waals surface area contributed by atoms with Crippen molar-refractivity contribution in [2.24, 2.45) is 0 Å². The van der Waals surface area contributed by atoms with Gasteiger partial charge in [-0.1, -0.05) is 330 Å². The quantitative estimate of drug-likeness (QED) is 0.0261. The molecule has 6 heteroatoms. The normalized spacial score (nSPS) is 12.7. The molecule has 0 aromatic rings. The number of esters is 3. The summed E-state index contributed by atoms with van der Waals surface area (Å²) in [6, 6.07) is 0. The average Bonchev–Trinajstić information content (AvgIpc) is 3.47. The van der Waals surface area contributed by atoms with Gasteiger partial charge in [0, 0.05) is 19.3 Å². The molecule has 82 heavy (non-hydrogen) atoms. The van der Waals surface area contributed by atoms with Crippen molar-refractivity contribution >= 4 is 17.9 Å². The second kappa shape index (κ2) is 69.8. The number of rotatable bonds is 64. The van der Waals surface area contributed by atoms with Crippen LogP contribution in [0.25, 0.3) is 0 Å². The molecule has 1 atom stereocenters. The summed E-state index contributed by atoms with van der Waals surface area (Å²) in [6.45, 7) is 6.52. The van der Waals surface area contributed by atoms with Gasteiger partial charge in [-0.15, -0.1) is 0 Å². The molecular weight excluding hydrogens is 1010 g/mol. The van der Waals surface area contributed by atoms with Crippen molar-refractivity contribution < 1.29 is 28.6 Å². The summed E-state index contributed by atoms with van der Waals surface area (Å²) in [5, 5.41) is 0. The van der Waals surface area contributed by atoms with Gasteiger partial charge in [-0.05, 0) is 96.3 Å². The van der Waals surface area contributed by atoms with Gasteiger partial charge >= 0.3 is 17.9 Å². The Morgan fingerprint density at radius 1 is 0.256 bits per heavy atom. The molecule has 0 aromatic heterocycles. The summed E-state index contributed by atoms with van der Waals surface area (Å²) in [7, 11) is 0. The molecule has 0 rings (SSSR count). The third-order valence-corrected chi connectivity index (χ3v) is 15.3. The molecule has 472 valence electrons. The molecule has 0 amide bonds. The number of ether oxygens (including phenoxy) is 3. The molecule has 0 saturated heterocycles. The fourth-order valence-electron chi connectivity index (χ4n) is 10.1. The summed E-state index contributed by atoms with van der Waals surface area (Å²) in [5.74, 6) is -0.869. The number of carbonyl (C=O) groups is 3. The van der Waals surface area contributed by atoms with E-state index in [9.17, 15) is 14.4 Å². The summed E-state index contributed by atoms with van der Waals surface area (Å²) in [5.41, 5.74) is 0. The molecule has 1 unspecified atom stereocenters. The predicted molar refractivity (Wildman–Crippen MR) is 357 cm³/mol. The molecular formula is C76H132O6. The maximum atomic E-state index is 12.9. The Morgan fingerprint density at radius 2 is 0.488 bits per heavy atom. The molecule has 0 heterocycles. The van der Waals surface area contributed by atoms with E-state index < -0.39 is 6.10 Å². The number of hydrogen-bond donors (Lipinski definition) is 0. The van der Waals surface area contributed by atoms with Crippen LogP contribution in [0.4, 0.5) is 0 Å². The summed E-state index contributed by atoms with van der Waals surface area (Å²) in [4.78, 5) is 38.3. The van der Waals surface area contributed by atoms with E-state index in [0.717, 1.165) is 109 Å². The van der Waals surface area contributed by atoms with E-state index in [4.69, 9.17) is 14.2 Å². The first-order valence-corrected chi connectivity index (χ1v) is 35.2. The van der Waals surface area contributed by atoms with Crippen molar-refractivity contribution in [3.05, 3.63) is 97.2 Å². The Kier molecular flexibility index (Phi) is 66.7. The van der Waals surface area contributed by atoms with Crippen molar-refractivity contribution in [2.75, 3.05) is 13.2 Å². The zero-order chi connectivity index (χ0) is 59.2. The molecule has 0 aliphatic rings. The molecule has 0 aliphatic carbocycles. The molecule has 0 radical (unpaired) electrons. The largest absolute Gasteiger partial charge is 0.462 e. The summed E-state index contributed by atoms with van der Waals surface area (Å²) in [6.07, 6.45) is 94.4. The lowest BCUT2D eigenvalue weighted by molar-refractivity contribution is -0.167. The lowest BCUT2D eigenvalue weighted by Crippen LogP contribution is -2.30. The molecule has 0 aromatic carbocycles. The Labute approximate surface area is 508 Å². The molecule has 0 N–H and O–H groups in total. The van der Waals surface area contributed by atoms with Crippen molar-refractivity contribution in [3.8, 4) is 0 Å². The van der Waals surface area contributed by atoms with Crippen molar-refractivity contribution in [2.45, 2.75) is 354 Å². The predicted octanol–water partition coefficient (Wildman–Crippen LogP) is 24.4. The van der Waals surface area contributed by atoms with E-state index in [1.807, 2.05) is 0 Å². The van der Waals surface area contributed by atoms with Gasteiger partial charge in [-0.3, -0.25) is 14.4 Å². The lowest BCUT2D eigenvalue weighted by Gasteiger charge is -2.18. The monoisotopic (exact) mass is 1140 g/mol. The van der Waals surface area contributed by atoms with Crippen LogP contribution >= 0.6 is 0 Å². The van der Waals surface area contributed by atoms with Gasteiger partial charge in [-0.2, -0.15) is 0 Å². The van der Waals surface area contributed by atoms with E-state index in [-0.39, 0.29) is 31.1 Å². The molecule has 0 spiro atoms. The average molecular weight is 1140 g/mol. The second-order valence-corrected chi connectivity index (χ2v) is 23.4. The van der Waals surface area contributed by atoms with Crippen LogP contribution in [0.2, 0.25) is 0 Å². The zero-order valence-electron chi connectivity index (χ0n) is 54.2. The van der Waals surface area contributed by atoms with Crippen LogP contribution in [0, 0.1) is 0 Å². The SMILES string of the molecule is CC/C=C\C/C=C\C/C=C\C/C=C\C/C=C\C/C=C\C/C=C\CCCCCCCCCCCCCCCC(=O)OCC(COC(=O)CCCCCCC/C=C\CCCC)OC(=O)CCCCCCCCCCCCCCCCCCCC. The van der Waals surface area contributed by atoms with E-state index in [0.29, 0.717) is 19.3 Å². The first-order chi connectivity index (χ1) is 40.5. The molecule has 0 aliphatic heterocycles. The zero-order valence-corrected chi connectivity index (χ0v) is 54.2. The molecule has 6 nitrogen and oxygen atoms in total. The van der Waals surface area contributed by atoms with Crippen LogP contribution in [0.15, 0.2) is 97.2 Å². The van der Waals surface area contributed by atoms with Gasteiger partial charge in [-0.25, -0.2) is 0 Å². The third kappa shape index (κ3) is 67.1. The number of unbranched alkanes of at least 4 members (excludes halogenated alkanes) is 37. The summed E-state index contributed by atoms with van der Waals surface area (Å²) >= 11 is 0. The van der Waals surface area contributed by atoms with E-state index in [1.165, 1.54) is 199 Å². The first kappa shape index (κ1) is 78.3. The number of carbonyl (C=O) groups excluding carboxylic acids is 3. The molecule has 0 fully saturated rings. The topological polar surface area (TPSA) is 78.9 Å². The van der Waals surface area contributed by atoms with Crippen LogP contribution in [0.3, 0.4) is 0 Å². The Hall–Kier alpha value is -3.67. The van der Waals surface area contributed by atoms with Gasteiger partial charge in [0.15, 0.2) is 6.10 Å². The van der Waals surface area contributed by atoms with Gasteiger partial charge < -0.3 is 14.2 Å². The maximum Gasteiger partial charge on any atom is 0.306 e. The smallest absolute Gasteiger partial charge is 0.306 e. The summed E-state index contributed by atoms with van der Waals surface area (Å²) < 4.78 is 16.9. The van der Waals surface area contributed by atoms with Gasteiger partial charge in [0.2, 0.25) is 0 Å². The molecule has 0 saturated carbocycles. The van der Waals surface area contributed by atoms with Gasteiger partial charge in [0.1, 0.15) is 13.2 Å². The Balaban J connectivity index is 4.15. The Morgan fingerprint density at radius 3 is 0.793 bits per heavy atom. The van der Waals surface area contributed by atoms with E-state index >= 15 is 0 Å². The molecule has 0 bridgehead atoms. The minimum atomic E-state index is -0.778. The number of allylic oxidation sites excluding steroid dienone is 16. The van der Waals surface area contributed by atoms with Crippen molar-refractivity contribution in [1.29, 1.82) is 0 Å². The highest BCUT2D eigenvalue weighted by molar-refractivity contribution is 5.71. The van der Waals surface area contributed by atoms with E-state index in [2.05, 4.69) is 118 Å². The lowest BCUT2D eigenvalue weighted by atomic mass is 10.0. The highest BCUT2D eigenvalue weighted by Gasteiger charge is 2.19. The van der Waals surface area contributed by atoms with Gasteiger partial charge in [0.05, 0.1) is 0 Å². The fraction of sp³-hybridized carbons (Fsp3) is 0.750. The number of hydrogen-bond acceptors (Lipinski definition) is 6. The standard InChI is InChI=1S/C76H132O6/c1-4-7-10-13-16-19-22-24-26-28-30-31-32-33-34-35-36-37-38-39-40-41-42-43-44-45-46-48-49-51-54-57-60-63-66-69-75(78)81-72-73(71-80-74(77)68-65-62-59-56-53-21-18-15-12-9-6-3)82-76(79)70-67-64-61-58-55-52-50-47-29-27-25-23-20-17-14-11-8-5-2/h7,10,15-16,18-19,24,26,30-31,33-34,36-37,39-40,73H,4-6,8-9,11-14,17,20-23,25,27-29,32,35,38,41-72H2,1-3H3/b10-7-,18-15-,19-16-,26-24-,31-30-,34-33-,37-36-,40-39-. The first-order valence-electron chi connectivity index (χ1n) is 35.2. The fourth-order valence-corrected chi connectivity index (χ4v) is 10.1. The van der Waals surface area contributed by atoms with E-state index in [1.54, 1.807) is 0 Å². The maximum absolute atomic E-state index is 12.9. The van der Waals surface area contributed by atoms with Crippen LogP contribution < -0.4 is 0 Å². The minimum absolute atomic E-state index is 0.0759. The highest BCUT2D eigenvalue weighted by Crippen LogP contribution is 2.18. The second-order valence-electron chi connectivity index (χ2n) is 23.4. The van der Waals surface area contributed by atoms with Crippen LogP contribution in [-0.2, 0) is 28.6 Å². The van der Waals surface area contributed by atoms with Crippen LogP contribution in [0.1, 0.15) is 348 Å². The van der Waals surface area contributed by atoms with Crippen LogP contribution in [0.5, 0.6) is 0 Å². The van der Waals surface area contributed by atoms with Crippen molar-refractivity contribution in [1.82, 2.24) is 0 Å². The Bertz CT molecular complexity index is 1590. The van der Waals surface area contributed by atoms with Crippen molar-refractivity contribution in [3.63, 3.8) is 0 Å². The van der Waals surface area contributed by atoms with Crippen LogP contribution in [-0.4, -0.2) is 37.2 Å². The third-order valence-electron chi connectivity index (χ3n) is 15.3. The highest BCUT2D eigenvalue weighted by atomic mass is 16.6.